The fraction of sp³-hybridized carbons (Fsp3) is 0.364. The Morgan fingerprint density at radius 2 is 2.15 bits per heavy atom. The van der Waals surface area contributed by atoms with Crippen molar-refractivity contribution in [3.8, 4) is 0 Å². The van der Waals surface area contributed by atoms with E-state index in [9.17, 15) is 0 Å². The summed E-state index contributed by atoms with van der Waals surface area (Å²) in [7, 11) is 0. The van der Waals surface area contributed by atoms with Crippen molar-refractivity contribution in [2.24, 2.45) is 0 Å². The molecule has 1 aliphatic heterocycles. The van der Waals surface area contributed by atoms with Gasteiger partial charge in [0.25, 0.3) is 0 Å². The molecule has 0 saturated carbocycles. The lowest BCUT2D eigenvalue weighted by atomic mass is 9.92. The molecule has 0 spiro atoms. The fourth-order valence-electron chi connectivity index (χ4n) is 1.79. The van der Waals surface area contributed by atoms with Crippen LogP contribution in [0, 0.1) is 6.54 Å². The molecule has 0 aliphatic carbocycles. The number of hydrogen-bond acceptors (Lipinski definition) is 1. The summed E-state index contributed by atoms with van der Waals surface area (Å²) < 4.78 is 1.24. The maximum absolute atomic E-state index is 3.59. The fourth-order valence-corrected chi connectivity index (χ4v) is 2.39. The third-order valence-electron chi connectivity index (χ3n) is 2.51. The summed E-state index contributed by atoms with van der Waals surface area (Å²) in [5.74, 6) is 0.667. The monoisotopic (exact) mass is 238 g/mol. The van der Waals surface area contributed by atoms with Crippen molar-refractivity contribution >= 4 is 15.9 Å². The van der Waals surface area contributed by atoms with Gasteiger partial charge in [-0.2, -0.15) is 0 Å². The second-order valence-electron chi connectivity index (χ2n) is 3.41. The van der Waals surface area contributed by atoms with E-state index in [1.807, 2.05) is 0 Å². The Balaban J connectivity index is 2.18. The van der Waals surface area contributed by atoms with Gasteiger partial charge in [0.1, 0.15) is 0 Å². The van der Waals surface area contributed by atoms with Gasteiger partial charge in [-0.3, -0.25) is 0 Å². The van der Waals surface area contributed by atoms with E-state index in [-0.39, 0.29) is 0 Å². The lowest BCUT2D eigenvalue weighted by Gasteiger charge is -2.23. The molecule has 69 valence electrons. The molecule has 2 heteroatoms. The van der Waals surface area contributed by atoms with Gasteiger partial charge in [0.2, 0.25) is 0 Å². The van der Waals surface area contributed by atoms with Crippen molar-refractivity contribution < 1.29 is 0 Å². The molecule has 2 rings (SSSR count). The van der Waals surface area contributed by atoms with Crippen LogP contribution in [0.25, 0.3) is 0 Å². The maximum Gasteiger partial charge on any atom is 0.0221 e. The molecule has 0 aromatic heterocycles. The average molecular weight is 239 g/mol. The van der Waals surface area contributed by atoms with Crippen LogP contribution < -0.4 is 5.32 Å². The summed E-state index contributed by atoms with van der Waals surface area (Å²) in [5.41, 5.74) is 1.43. The van der Waals surface area contributed by atoms with Crippen LogP contribution in [0.3, 0.4) is 0 Å². The number of piperidine rings is 1. The van der Waals surface area contributed by atoms with Crippen LogP contribution in [-0.4, -0.2) is 6.54 Å². The van der Waals surface area contributed by atoms with Crippen molar-refractivity contribution in [2.75, 3.05) is 6.54 Å². The molecule has 1 N–H and O–H groups in total. The van der Waals surface area contributed by atoms with Gasteiger partial charge in [-0.05, 0) is 30.4 Å². The van der Waals surface area contributed by atoms with Gasteiger partial charge in [-0.15, -0.1) is 0 Å². The van der Waals surface area contributed by atoms with E-state index in [0.717, 1.165) is 6.54 Å². The number of hydrogen-bond donors (Lipinski definition) is 1. The lowest BCUT2D eigenvalue weighted by molar-refractivity contribution is 0.508. The van der Waals surface area contributed by atoms with Gasteiger partial charge in [-0.1, -0.05) is 34.1 Å². The van der Waals surface area contributed by atoms with Crippen LogP contribution in [0.2, 0.25) is 0 Å². The summed E-state index contributed by atoms with van der Waals surface area (Å²) in [5, 5.41) is 3.31. The van der Waals surface area contributed by atoms with Gasteiger partial charge in [0.05, 0.1) is 0 Å². The normalized spacial score (nSPS) is 23.0. The number of rotatable bonds is 1. The van der Waals surface area contributed by atoms with E-state index in [4.69, 9.17) is 0 Å². The van der Waals surface area contributed by atoms with Crippen LogP contribution in [0.5, 0.6) is 0 Å². The molecule has 1 aromatic rings. The molecule has 1 fully saturated rings. The van der Waals surface area contributed by atoms with Gasteiger partial charge < -0.3 is 5.32 Å². The standard InChI is InChI=1S/C11H13BrN/c12-11-6-2-1-5-10(11)9-4-3-7-13-8-9/h1-2,5-7,9,13H,3-4,8H2. The van der Waals surface area contributed by atoms with Crippen LogP contribution in [0.4, 0.5) is 0 Å². The van der Waals surface area contributed by atoms with E-state index in [0.29, 0.717) is 5.92 Å². The molecule has 1 aliphatic rings. The average Bonchev–Trinajstić information content (AvgIpc) is 2.20. The minimum atomic E-state index is 0.667. The molecule has 0 bridgehead atoms. The topological polar surface area (TPSA) is 12.0 Å². The molecular formula is C11H13BrN. The zero-order chi connectivity index (χ0) is 9.10. The molecule has 1 radical (unpaired) electrons. The lowest BCUT2D eigenvalue weighted by Crippen LogP contribution is -2.24. The summed E-state index contributed by atoms with van der Waals surface area (Å²) in [6, 6.07) is 8.50. The Hall–Kier alpha value is -0.340. The van der Waals surface area contributed by atoms with Crippen molar-refractivity contribution in [1.29, 1.82) is 0 Å². The van der Waals surface area contributed by atoms with Crippen molar-refractivity contribution in [3.63, 3.8) is 0 Å². The third kappa shape index (κ3) is 2.12. The summed E-state index contributed by atoms with van der Waals surface area (Å²) in [6.45, 7) is 3.23. The molecular weight excluding hydrogens is 226 g/mol. The smallest absolute Gasteiger partial charge is 0.0221 e. The number of nitrogens with one attached hydrogen (secondary N) is 1. The summed E-state index contributed by atoms with van der Waals surface area (Å²) in [6.07, 6.45) is 2.43. The quantitative estimate of drug-likeness (QED) is 0.794. The first kappa shape index (κ1) is 9.22. The minimum Gasteiger partial charge on any atom is -0.312 e. The first-order valence-electron chi connectivity index (χ1n) is 4.67. The Bertz CT molecular complexity index is 279. The molecule has 1 atom stereocenters. The van der Waals surface area contributed by atoms with Crippen LogP contribution in [0.1, 0.15) is 24.3 Å². The van der Waals surface area contributed by atoms with Gasteiger partial charge >= 0.3 is 0 Å². The van der Waals surface area contributed by atoms with E-state index < -0.39 is 0 Å². The van der Waals surface area contributed by atoms with Crippen molar-refractivity contribution in [3.05, 3.63) is 40.8 Å². The van der Waals surface area contributed by atoms with Gasteiger partial charge in [0.15, 0.2) is 0 Å². The maximum atomic E-state index is 3.59. The van der Waals surface area contributed by atoms with Gasteiger partial charge in [0, 0.05) is 17.6 Å². The zero-order valence-electron chi connectivity index (χ0n) is 7.46. The van der Waals surface area contributed by atoms with Crippen molar-refractivity contribution in [2.45, 2.75) is 18.8 Å². The van der Waals surface area contributed by atoms with E-state index in [1.165, 1.54) is 22.9 Å². The predicted octanol–water partition coefficient (Wildman–Crippen LogP) is 3.08. The molecule has 1 saturated heterocycles. The SMILES string of the molecule is Brc1ccccc1C1CC[CH]NC1. The second kappa shape index (κ2) is 4.25. The predicted molar refractivity (Wildman–Crippen MR) is 58.4 cm³/mol. The minimum absolute atomic E-state index is 0.667. The number of benzene rings is 1. The molecule has 1 heterocycles. The molecule has 1 unspecified atom stereocenters. The molecule has 1 nitrogen and oxygen atoms in total. The highest BCUT2D eigenvalue weighted by Gasteiger charge is 2.16. The Morgan fingerprint density at radius 1 is 1.31 bits per heavy atom. The molecule has 13 heavy (non-hydrogen) atoms. The highest BCUT2D eigenvalue weighted by atomic mass is 79.9. The Labute approximate surface area is 87.7 Å². The Morgan fingerprint density at radius 3 is 2.85 bits per heavy atom. The van der Waals surface area contributed by atoms with E-state index in [1.54, 1.807) is 0 Å². The first-order valence-corrected chi connectivity index (χ1v) is 5.46. The highest BCUT2D eigenvalue weighted by molar-refractivity contribution is 9.10. The zero-order valence-corrected chi connectivity index (χ0v) is 9.05. The summed E-state index contributed by atoms with van der Waals surface area (Å²) >= 11 is 3.59. The van der Waals surface area contributed by atoms with Gasteiger partial charge in [-0.25, -0.2) is 0 Å². The number of halogens is 1. The third-order valence-corrected chi connectivity index (χ3v) is 3.24. The molecule has 0 amide bonds. The largest absolute Gasteiger partial charge is 0.312 e. The van der Waals surface area contributed by atoms with Crippen LogP contribution in [-0.2, 0) is 0 Å². The highest BCUT2D eigenvalue weighted by Crippen LogP contribution is 2.29. The van der Waals surface area contributed by atoms with Crippen LogP contribution in [0.15, 0.2) is 28.7 Å². The van der Waals surface area contributed by atoms with E-state index >= 15 is 0 Å². The van der Waals surface area contributed by atoms with E-state index in [2.05, 4.69) is 52.1 Å². The first-order chi connectivity index (χ1) is 6.38. The summed E-state index contributed by atoms with van der Waals surface area (Å²) in [4.78, 5) is 0. The second-order valence-corrected chi connectivity index (χ2v) is 4.26. The van der Waals surface area contributed by atoms with Crippen molar-refractivity contribution in [1.82, 2.24) is 5.32 Å². The van der Waals surface area contributed by atoms with Crippen LogP contribution >= 0.6 is 15.9 Å². The molecule has 1 aromatic carbocycles. The Kier molecular flexibility index (Phi) is 3.01.